The number of likely N-dealkylation sites (tertiary alicyclic amines) is 1. The molecule has 0 unspecified atom stereocenters. The largest absolute Gasteiger partial charge is 0.480 e. The lowest BCUT2D eigenvalue weighted by Crippen LogP contribution is -2.60. The number of hydrogen-bond acceptors (Lipinski definition) is 3. The molecule has 1 aliphatic rings. The summed E-state index contributed by atoms with van der Waals surface area (Å²) in [7, 11) is 0. The van der Waals surface area contributed by atoms with Gasteiger partial charge in [-0.25, -0.2) is 9.59 Å². The van der Waals surface area contributed by atoms with Crippen LogP contribution in [0, 0.1) is 0 Å². The first-order valence-corrected chi connectivity index (χ1v) is 4.36. The molecule has 2 atom stereocenters. The van der Waals surface area contributed by atoms with Crippen LogP contribution in [0.25, 0.3) is 0 Å². The molecule has 1 heterocycles. The molecule has 0 aromatic carbocycles. The van der Waals surface area contributed by atoms with Gasteiger partial charge in [0, 0.05) is 6.04 Å². The van der Waals surface area contributed by atoms with Crippen molar-refractivity contribution in [2.24, 2.45) is 0 Å². The third kappa shape index (κ3) is 1.86. The molecule has 0 radical (unpaired) electrons. The molecule has 0 aliphatic carbocycles. The van der Waals surface area contributed by atoms with Gasteiger partial charge < -0.3 is 9.84 Å². The van der Waals surface area contributed by atoms with E-state index in [9.17, 15) is 9.59 Å². The van der Waals surface area contributed by atoms with E-state index < -0.39 is 18.1 Å². The third-order valence-corrected chi connectivity index (χ3v) is 2.20. The van der Waals surface area contributed by atoms with Gasteiger partial charge in [0.2, 0.25) is 0 Å². The molecule has 5 nitrogen and oxygen atoms in total. The highest BCUT2D eigenvalue weighted by atomic mass is 16.6. The molecule has 5 heteroatoms. The first-order chi connectivity index (χ1) is 6.57. The summed E-state index contributed by atoms with van der Waals surface area (Å²) in [5.41, 5.74) is 0. The Balaban J connectivity index is 2.52. The quantitative estimate of drug-likeness (QED) is 0.684. The summed E-state index contributed by atoms with van der Waals surface area (Å²) in [6, 6.07) is -0.796. The molecule has 0 saturated carbocycles. The van der Waals surface area contributed by atoms with Crippen molar-refractivity contribution in [1.29, 1.82) is 0 Å². The van der Waals surface area contributed by atoms with Crippen molar-refractivity contribution in [2.45, 2.75) is 25.4 Å². The number of aliphatic carboxylic acids is 1. The lowest BCUT2D eigenvalue weighted by Gasteiger charge is -2.43. The Kier molecular flexibility index (Phi) is 3.11. The minimum absolute atomic E-state index is 0.0617. The lowest BCUT2D eigenvalue weighted by molar-refractivity contribution is -0.149. The van der Waals surface area contributed by atoms with E-state index in [1.165, 1.54) is 11.0 Å². The van der Waals surface area contributed by atoms with Crippen molar-refractivity contribution in [3.8, 4) is 0 Å². The Bertz CT molecular complexity index is 264. The average molecular weight is 199 g/mol. The Morgan fingerprint density at radius 1 is 1.71 bits per heavy atom. The van der Waals surface area contributed by atoms with Gasteiger partial charge in [0.05, 0.1) is 0 Å². The smallest absolute Gasteiger partial charge is 0.411 e. The summed E-state index contributed by atoms with van der Waals surface area (Å²) in [6.07, 6.45) is 1.34. The lowest BCUT2D eigenvalue weighted by atomic mass is 9.95. The number of nitrogens with zero attached hydrogens (tertiary/aromatic N) is 1. The fourth-order valence-corrected chi connectivity index (χ4v) is 1.45. The highest BCUT2D eigenvalue weighted by molar-refractivity contribution is 5.82. The average Bonchev–Trinajstić information content (AvgIpc) is 2.10. The number of carbonyl (C=O) groups excluding carboxylic acids is 1. The van der Waals surface area contributed by atoms with Crippen molar-refractivity contribution in [1.82, 2.24) is 4.90 Å². The van der Waals surface area contributed by atoms with Crippen LogP contribution in [0.5, 0.6) is 0 Å². The SMILES string of the molecule is C=CCOC(=O)N1[C@H](C)C[C@H]1C(=O)O. The van der Waals surface area contributed by atoms with Crippen LogP contribution in [0.1, 0.15) is 13.3 Å². The Morgan fingerprint density at radius 3 is 2.79 bits per heavy atom. The second-order valence-corrected chi connectivity index (χ2v) is 3.21. The molecule has 1 saturated heterocycles. The Labute approximate surface area is 82.0 Å². The molecule has 1 aliphatic heterocycles. The summed E-state index contributed by atoms with van der Waals surface area (Å²) >= 11 is 0. The van der Waals surface area contributed by atoms with Crippen LogP contribution >= 0.6 is 0 Å². The van der Waals surface area contributed by atoms with Crippen LogP contribution in [0.2, 0.25) is 0 Å². The number of rotatable bonds is 3. The zero-order valence-corrected chi connectivity index (χ0v) is 7.97. The van der Waals surface area contributed by atoms with Crippen molar-refractivity contribution in [3.63, 3.8) is 0 Å². The maximum absolute atomic E-state index is 11.3. The topological polar surface area (TPSA) is 66.8 Å². The van der Waals surface area contributed by atoms with Crippen molar-refractivity contribution >= 4 is 12.1 Å². The van der Waals surface area contributed by atoms with Gasteiger partial charge in [0.1, 0.15) is 12.6 Å². The molecule has 1 N–H and O–H groups in total. The van der Waals surface area contributed by atoms with E-state index >= 15 is 0 Å². The van der Waals surface area contributed by atoms with E-state index in [-0.39, 0.29) is 12.6 Å². The van der Waals surface area contributed by atoms with Crippen LogP contribution in [-0.2, 0) is 9.53 Å². The summed E-state index contributed by atoms with van der Waals surface area (Å²) in [5, 5.41) is 8.73. The summed E-state index contributed by atoms with van der Waals surface area (Å²) in [5.74, 6) is -0.987. The van der Waals surface area contributed by atoms with E-state index in [2.05, 4.69) is 6.58 Å². The van der Waals surface area contributed by atoms with Gasteiger partial charge in [-0.1, -0.05) is 12.7 Å². The van der Waals surface area contributed by atoms with E-state index in [1.54, 1.807) is 6.92 Å². The second kappa shape index (κ2) is 4.13. The first-order valence-electron chi connectivity index (χ1n) is 4.36. The molecule has 78 valence electrons. The number of ether oxygens (including phenoxy) is 1. The summed E-state index contributed by atoms with van der Waals surface area (Å²) < 4.78 is 4.75. The van der Waals surface area contributed by atoms with Crippen LogP contribution in [0.3, 0.4) is 0 Å². The number of carbonyl (C=O) groups is 2. The van der Waals surface area contributed by atoms with Crippen molar-refractivity contribution in [2.75, 3.05) is 6.61 Å². The summed E-state index contributed by atoms with van der Waals surface area (Å²) in [4.78, 5) is 23.2. The fourth-order valence-electron chi connectivity index (χ4n) is 1.45. The molecule has 0 aromatic heterocycles. The molecular weight excluding hydrogens is 186 g/mol. The van der Waals surface area contributed by atoms with E-state index in [0.717, 1.165) is 0 Å². The third-order valence-electron chi connectivity index (χ3n) is 2.20. The van der Waals surface area contributed by atoms with Crippen LogP contribution < -0.4 is 0 Å². The number of carboxylic acid groups (broad SMARTS) is 1. The number of carboxylic acids is 1. The van der Waals surface area contributed by atoms with E-state index in [1.807, 2.05) is 0 Å². The Morgan fingerprint density at radius 2 is 2.36 bits per heavy atom. The highest BCUT2D eigenvalue weighted by Crippen LogP contribution is 2.26. The zero-order valence-electron chi connectivity index (χ0n) is 7.97. The standard InChI is InChI=1S/C9H13NO4/c1-3-4-14-9(13)10-6(2)5-7(10)8(11)12/h3,6-7H,1,4-5H2,2H3,(H,11,12)/t6-,7+/m1/s1. The second-order valence-electron chi connectivity index (χ2n) is 3.21. The van der Waals surface area contributed by atoms with Crippen LogP contribution in [0.4, 0.5) is 4.79 Å². The predicted octanol–water partition coefficient (Wildman–Crippen LogP) is 0.856. The van der Waals surface area contributed by atoms with Crippen LogP contribution in [-0.4, -0.2) is 40.8 Å². The van der Waals surface area contributed by atoms with Gasteiger partial charge in [-0.05, 0) is 13.3 Å². The van der Waals surface area contributed by atoms with Gasteiger partial charge in [-0.2, -0.15) is 0 Å². The Hall–Kier alpha value is -1.52. The predicted molar refractivity (Wildman–Crippen MR) is 48.9 cm³/mol. The number of hydrogen-bond donors (Lipinski definition) is 1. The molecule has 14 heavy (non-hydrogen) atoms. The van der Waals surface area contributed by atoms with E-state index in [0.29, 0.717) is 6.42 Å². The monoisotopic (exact) mass is 199 g/mol. The molecule has 1 fully saturated rings. The van der Waals surface area contributed by atoms with Crippen molar-refractivity contribution < 1.29 is 19.4 Å². The van der Waals surface area contributed by atoms with Gasteiger partial charge in [0.15, 0.2) is 0 Å². The normalized spacial score (nSPS) is 25.1. The number of amides is 1. The van der Waals surface area contributed by atoms with Gasteiger partial charge in [-0.3, -0.25) is 4.90 Å². The molecule has 0 spiro atoms. The maximum atomic E-state index is 11.3. The van der Waals surface area contributed by atoms with E-state index in [4.69, 9.17) is 9.84 Å². The summed E-state index contributed by atoms with van der Waals surface area (Å²) in [6.45, 7) is 5.29. The minimum Gasteiger partial charge on any atom is -0.480 e. The first kappa shape index (κ1) is 10.6. The maximum Gasteiger partial charge on any atom is 0.411 e. The molecule has 1 amide bonds. The van der Waals surface area contributed by atoms with Gasteiger partial charge >= 0.3 is 12.1 Å². The van der Waals surface area contributed by atoms with Crippen molar-refractivity contribution in [3.05, 3.63) is 12.7 Å². The van der Waals surface area contributed by atoms with Crippen LogP contribution in [0.15, 0.2) is 12.7 Å². The fraction of sp³-hybridized carbons (Fsp3) is 0.556. The van der Waals surface area contributed by atoms with Gasteiger partial charge in [0.25, 0.3) is 0 Å². The highest BCUT2D eigenvalue weighted by Gasteiger charge is 2.44. The molecule has 0 aromatic rings. The molecule has 1 rings (SSSR count). The van der Waals surface area contributed by atoms with Gasteiger partial charge in [-0.15, -0.1) is 0 Å². The zero-order chi connectivity index (χ0) is 10.7. The minimum atomic E-state index is -0.987. The molecular formula is C9H13NO4. The molecule has 0 bridgehead atoms.